The molecule has 0 saturated heterocycles. The molecule has 0 heterocycles. The lowest BCUT2D eigenvalue weighted by Gasteiger charge is -2.24. The highest BCUT2D eigenvalue weighted by molar-refractivity contribution is 6.18. The summed E-state index contributed by atoms with van der Waals surface area (Å²) in [5.41, 5.74) is -0.153. The van der Waals surface area contributed by atoms with Crippen LogP contribution in [0.1, 0.15) is 24.2 Å². The molecule has 0 atom stereocenters. The Labute approximate surface area is 124 Å². The van der Waals surface area contributed by atoms with Crippen LogP contribution in [-0.4, -0.2) is 38.7 Å². The second kappa shape index (κ2) is 6.70. The molecule has 0 spiro atoms. The Kier molecular flexibility index (Phi) is 5.51. The van der Waals surface area contributed by atoms with E-state index < -0.39 is 5.54 Å². The molecule has 0 fully saturated rings. The van der Waals surface area contributed by atoms with Gasteiger partial charge in [-0.3, -0.25) is 4.79 Å². The second-order valence-electron chi connectivity index (χ2n) is 4.85. The lowest BCUT2D eigenvalue weighted by molar-refractivity contribution is 0.0916. The summed E-state index contributed by atoms with van der Waals surface area (Å²) >= 11 is 5.81. The monoisotopic (exact) mass is 301 g/mol. The highest BCUT2D eigenvalue weighted by Crippen LogP contribution is 2.39. The Balaban J connectivity index is 3.22. The van der Waals surface area contributed by atoms with E-state index in [2.05, 4.69) is 5.32 Å². The fraction of sp³-hybridized carbons (Fsp3) is 0.500. The van der Waals surface area contributed by atoms with E-state index in [1.54, 1.807) is 12.1 Å². The fourth-order valence-corrected chi connectivity index (χ4v) is 1.75. The molecule has 20 heavy (non-hydrogen) atoms. The summed E-state index contributed by atoms with van der Waals surface area (Å²) in [6, 6.07) is 3.28. The van der Waals surface area contributed by atoms with Crippen LogP contribution in [-0.2, 0) is 0 Å². The van der Waals surface area contributed by atoms with Crippen LogP contribution in [0.25, 0.3) is 0 Å². The van der Waals surface area contributed by atoms with E-state index >= 15 is 0 Å². The fourth-order valence-electron chi connectivity index (χ4n) is 1.69. The first kappa shape index (κ1) is 16.4. The van der Waals surface area contributed by atoms with E-state index in [1.165, 1.54) is 21.3 Å². The maximum absolute atomic E-state index is 12.3. The van der Waals surface area contributed by atoms with Crippen molar-refractivity contribution < 1.29 is 19.0 Å². The highest BCUT2D eigenvalue weighted by Gasteiger charge is 2.25. The smallest absolute Gasteiger partial charge is 0.255 e. The first-order valence-electron chi connectivity index (χ1n) is 6.07. The van der Waals surface area contributed by atoms with Gasteiger partial charge in [0, 0.05) is 11.4 Å². The topological polar surface area (TPSA) is 56.8 Å². The zero-order chi connectivity index (χ0) is 15.3. The number of nitrogens with one attached hydrogen (secondary N) is 1. The van der Waals surface area contributed by atoms with Gasteiger partial charge in [-0.2, -0.15) is 0 Å². The van der Waals surface area contributed by atoms with Gasteiger partial charge in [-0.05, 0) is 26.0 Å². The van der Waals surface area contributed by atoms with Gasteiger partial charge in [0.2, 0.25) is 5.75 Å². The molecule has 0 bridgehead atoms. The third-order valence-electron chi connectivity index (χ3n) is 2.73. The van der Waals surface area contributed by atoms with E-state index in [4.69, 9.17) is 25.8 Å². The van der Waals surface area contributed by atoms with Crippen LogP contribution in [0.15, 0.2) is 12.1 Å². The van der Waals surface area contributed by atoms with Crippen LogP contribution in [0.2, 0.25) is 0 Å². The summed E-state index contributed by atoms with van der Waals surface area (Å²) in [4.78, 5) is 12.3. The molecule has 0 saturated carbocycles. The molecular formula is C14H20ClNO4. The number of halogens is 1. The maximum Gasteiger partial charge on any atom is 0.255 e. The summed E-state index contributed by atoms with van der Waals surface area (Å²) in [7, 11) is 4.49. The van der Waals surface area contributed by atoms with Crippen LogP contribution in [0.4, 0.5) is 0 Å². The average molecular weight is 302 g/mol. The maximum atomic E-state index is 12.3. The van der Waals surface area contributed by atoms with Crippen molar-refractivity contribution in [3.8, 4) is 17.2 Å². The Hall–Kier alpha value is -1.62. The molecule has 0 aliphatic heterocycles. The first-order valence-corrected chi connectivity index (χ1v) is 6.61. The summed E-state index contributed by atoms with van der Waals surface area (Å²) < 4.78 is 15.7. The molecule has 1 amide bonds. The van der Waals surface area contributed by atoms with Crippen LogP contribution in [0, 0.1) is 0 Å². The van der Waals surface area contributed by atoms with Gasteiger partial charge in [0.15, 0.2) is 11.5 Å². The van der Waals surface area contributed by atoms with Crippen molar-refractivity contribution in [2.24, 2.45) is 0 Å². The Bertz CT molecular complexity index is 488. The zero-order valence-corrected chi connectivity index (χ0v) is 13.1. The Morgan fingerprint density at radius 1 is 1.15 bits per heavy atom. The molecule has 1 rings (SSSR count). The minimum absolute atomic E-state index is 0.284. The molecule has 0 aliphatic rings. The summed E-state index contributed by atoms with van der Waals surface area (Å²) in [6.07, 6.45) is 0. The normalized spacial score (nSPS) is 10.9. The van der Waals surface area contributed by atoms with Crippen molar-refractivity contribution in [2.45, 2.75) is 19.4 Å². The molecule has 5 nitrogen and oxygen atoms in total. The molecule has 1 aromatic rings. The molecule has 1 N–H and O–H groups in total. The van der Waals surface area contributed by atoms with Crippen molar-refractivity contribution in [3.63, 3.8) is 0 Å². The number of amides is 1. The highest BCUT2D eigenvalue weighted by atomic mass is 35.5. The number of carbonyl (C=O) groups is 1. The average Bonchev–Trinajstić information content (AvgIpc) is 2.44. The summed E-state index contributed by atoms with van der Waals surface area (Å²) in [6.45, 7) is 3.68. The van der Waals surface area contributed by atoms with E-state index in [9.17, 15) is 4.79 Å². The zero-order valence-electron chi connectivity index (χ0n) is 12.4. The first-order chi connectivity index (χ1) is 9.40. The van der Waals surface area contributed by atoms with Gasteiger partial charge in [0.1, 0.15) is 0 Å². The van der Waals surface area contributed by atoms with Crippen molar-refractivity contribution in [2.75, 3.05) is 27.2 Å². The Morgan fingerprint density at radius 2 is 1.75 bits per heavy atom. The predicted octanol–water partition coefficient (Wildman–Crippen LogP) is 2.46. The number of carbonyl (C=O) groups excluding carboxylic acids is 1. The minimum Gasteiger partial charge on any atom is -0.493 e. The molecule has 0 aromatic heterocycles. The van der Waals surface area contributed by atoms with Gasteiger partial charge in [0.25, 0.3) is 5.91 Å². The molecule has 0 unspecified atom stereocenters. The van der Waals surface area contributed by atoms with Crippen molar-refractivity contribution in [1.29, 1.82) is 0 Å². The van der Waals surface area contributed by atoms with Crippen LogP contribution in [0.3, 0.4) is 0 Å². The van der Waals surface area contributed by atoms with E-state index in [1.807, 2.05) is 13.8 Å². The van der Waals surface area contributed by atoms with E-state index in [0.29, 0.717) is 28.7 Å². The van der Waals surface area contributed by atoms with Gasteiger partial charge < -0.3 is 19.5 Å². The van der Waals surface area contributed by atoms with Gasteiger partial charge in [0.05, 0.1) is 26.9 Å². The van der Waals surface area contributed by atoms with Gasteiger partial charge in [-0.1, -0.05) is 0 Å². The molecule has 0 aliphatic carbocycles. The Morgan fingerprint density at radius 3 is 2.20 bits per heavy atom. The quantitative estimate of drug-likeness (QED) is 0.820. The standard InChI is InChI=1S/C14H20ClNO4/c1-14(2,8-15)16-13(17)9-6-7-10(18-3)12(20-5)11(9)19-4/h6-7H,8H2,1-5H3,(H,16,17). The van der Waals surface area contributed by atoms with Crippen LogP contribution >= 0.6 is 11.6 Å². The molecular weight excluding hydrogens is 282 g/mol. The lowest BCUT2D eigenvalue weighted by atomic mass is 10.1. The molecule has 112 valence electrons. The van der Waals surface area contributed by atoms with Gasteiger partial charge >= 0.3 is 0 Å². The largest absolute Gasteiger partial charge is 0.493 e. The number of alkyl halides is 1. The number of benzene rings is 1. The molecule has 1 aromatic carbocycles. The molecule has 6 heteroatoms. The predicted molar refractivity (Wildman–Crippen MR) is 78.4 cm³/mol. The number of rotatable bonds is 6. The minimum atomic E-state index is -0.517. The SMILES string of the molecule is COc1ccc(C(=O)NC(C)(C)CCl)c(OC)c1OC. The summed E-state index contributed by atoms with van der Waals surface area (Å²) in [5, 5.41) is 2.84. The summed E-state index contributed by atoms with van der Waals surface area (Å²) in [5.74, 6) is 1.22. The third kappa shape index (κ3) is 3.48. The van der Waals surface area contributed by atoms with E-state index in [0.717, 1.165) is 0 Å². The second-order valence-corrected chi connectivity index (χ2v) is 5.12. The van der Waals surface area contributed by atoms with Crippen molar-refractivity contribution in [3.05, 3.63) is 17.7 Å². The van der Waals surface area contributed by atoms with Crippen molar-refractivity contribution >= 4 is 17.5 Å². The van der Waals surface area contributed by atoms with E-state index in [-0.39, 0.29) is 5.91 Å². The number of hydrogen-bond donors (Lipinski definition) is 1. The van der Waals surface area contributed by atoms with Crippen LogP contribution in [0.5, 0.6) is 17.2 Å². The lowest BCUT2D eigenvalue weighted by Crippen LogP contribution is -2.45. The van der Waals surface area contributed by atoms with Gasteiger partial charge in [-0.25, -0.2) is 0 Å². The number of hydrogen-bond acceptors (Lipinski definition) is 4. The van der Waals surface area contributed by atoms with Crippen LogP contribution < -0.4 is 19.5 Å². The molecule has 0 radical (unpaired) electrons. The number of ether oxygens (including phenoxy) is 3. The third-order valence-corrected chi connectivity index (χ3v) is 3.40. The van der Waals surface area contributed by atoms with Gasteiger partial charge in [-0.15, -0.1) is 11.6 Å². The van der Waals surface area contributed by atoms with Crippen molar-refractivity contribution in [1.82, 2.24) is 5.32 Å². The number of methoxy groups -OCH3 is 3.